The summed E-state index contributed by atoms with van der Waals surface area (Å²) < 4.78 is 10.2. The fourth-order valence-corrected chi connectivity index (χ4v) is 1.87. The Bertz CT molecular complexity index is 389. The molecule has 0 aliphatic carbocycles. The van der Waals surface area contributed by atoms with Crippen molar-refractivity contribution in [3.8, 4) is 5.75 Å². The lowest BCUT2D eigenvalue weighted by molar-refractivity contribution is -0.143. The van der Waals surface area contributed by atoms with Crippen LogP contribution in [0, 0.1) is 0 Å². The molecule has 0 bridgehead atoms. The highest BCUT2D eigenvalue weighted by Crippen LogP contribution is 2.38. The van der Waals surface area contributed by atoms with Crippen molar-refractivity contribution < 1.29 is 14.3 Å². The van der Waals surface area contributed by atoms with E-state index in [9.17, 15) is 4.79 Å². The van der Waals surface area contributed by atoms with Gasteiger partial charge in [0, 0.05) is 11.3 Å². The van der Waals surface area contributed by atoms with Crippen LogP contribution in [0.5, 0.6) is 5.75 Å². The van der Waals surface area contributed by atoms with Crippen molar-refractivity contribution in [2.75, 3.05) is 19.5 Å². The van der Waals surface area contributed by atoms with E-state index >= 15 is 0 Å². The van der Waals surface area contributed by atoms with Crippen molar-refractivity contribution >= 4 is 11.7 Å². The Morgan fingerprint density at radius 2 is 2.40 bits per heavy atom. The van der Waals surface area contributed by atoms with Crippen LogP contribution in [0.15, 0.2) is 18.2 Å². The Balaban J connectivity index is 2.45. The molecule has 2 rings (SSSR count). The number of fused-ring (bicyclic) bond motifs is 1. The van der Waals surface area contributed by atoms with Crippen LogP contribution in [0.1, 0.15) is 17.9 Å². The third kappa shape index (κ3) is 1.63. The van der Waals surface area contributed by atoms with Crippen LogP contribution in [0.3, 0.4) is 0 Å². The molecule has 2 N–H and O–H groups in total. The molecule has 0 saturated heterocycles. The highest BCUT2D eigenvalue weighted by Gasteiger charge is 2.30. The number of rotatable bonds is 1. The van der Waals surface area contributed by atoms with Crippen LogP contribution in [0.2, 0.25) is 0 Å². The van der Waals surface area contributed by atoms with E-state index in [1.807, 2.05) is 12.1 Å². The summed E-state index contributed by atoms with van der Waals surface area (Å²) in [5.41, 5.74) is 7.18. The first-order chi connectivity index (χ1) is 7.24. The summed E-state index contributed by atoms with van der Waals surface area (Å²) in [6.07, 6.45) is 0.619. The number of hydrogen-bond donors (Lipinski definition) is 1. The standard InChI is InChI=1S/C11H13NO3/c1-14-11(13)7-5-6-15-9-4-2-3-8(12)10(7)9/h2-4,7H,5-6,12H2,1H3. The number of nitrogens with two attached hydrogens (primary N) is 1. The van der Waals surface area contributed by atoms with Crippen LogP contribution in [0.25, 0.3) is 0 Å². The molecule has 0 radical (unpaired) electrons. The summed E-state index contributed by atoms with van der Waals surface area (Å²) in [6, 6.07) is 5.40. The number of ether oxygens (including phenoxy) is 2. The van der Waals surface area contributed by atoms with Crippen molar-refractivity contribution in [3.63, 3.8) is 0 Å². The van der Waals surface area contributed by atoms with Gasteiger partial charge in [-0.25, -0.2) is 0 Å². The lowest BCUT2D eigenvalue weighted by Gasteiger charge is -2.25. The molecule has 1 aromatic rings. The van der Waals surface area contributed by atoms with Crippen molar-refractivity contribution in [2.24, 2.45) is 0 Å². The van der Waals surface area contributed by atoms with E-state index in [1.54, 1.807) is 6.07 Å². The molecule has 1 aromatic carbocycles. The third-order valence-corrected chi connectivity index (χ3v) is 2.60. The zero-order valence-electron chi connectivity index (χ0n) is 8.53. The fraction of sp³-hybridized carbons (Fsp3) is 0.364. The number of carbonyl (C=O) groups excluding carboxylic acids is 1. The quantitative estimate of drug-likeness (QED) is 0.557. The van der Waals surface area contributed by atoms with Crippen LogP contribution in [-0.4, -0.2) is 19.7 Å². The summed E-state index contributed by atoms with van der Waals surface area (Å²) in [7, 11) is 1.39. The highest BCUT2D eigenvalue weighted by molar-refractivity contribution is 5.82. The van der Waals surface area contributed by atoms with Gasteiger partial charge in [0.05, 0.1) is 19.6 Å². The van der Waals surface area contributed by atoms with E-state index in [4.69, 9.17) is 15.2 Å². The molecule has 1 atom stereocenters. The van der Waals surface area contributed by atoms with Crippen molar-refractivity contribution in [1.29, 1.82) is 0 Å². The SMILES string of the molecule is COC(=O)C1CCOc2cccc(N)c21. The van der Waals surface area contributed by atoms with Gasteiger partial charge in [0.25, 0.3) is 0 Å². The predicted molar refractivity (Wildman–Crippen MR) is 55.7 cm³/mol. The summed E-state index contributed by atoms with van der Waals surface area (Å²) >= 11 is 0. The molecule has 1 aliphatic heterocycles. The summed E-state index contributed by atoms with van der Waals surface area (Å²) in [5, 5.41) is 0. The van der Waals surface area contributed by atoms with E-state index < -0.39 is 0 Å². The largest absolute Gasteiger partial charge is 0.493 e. The van der Waals surface area contributed by atoms with Gasteiger partial charge in [-0.3, -0.25) is 4.79 Å². The lowest BCUT2D eigenvalue weighted by Crippen LogP contribution is -2.23. The normalized spacial score (nSPS) is 18.9. The third-order valence-electron chi connectivity index (χ3n) is 2.60. The van der Waals surface area contributed by atoms with E-state index in [1.165, 1.54) is 7.11 Å². The molecule has 1 aliphatic rings. The summed E-state index contributed by atoms with van der Waals surface area (Å²) in [4.78, 5) is 11.5. The maximum Gasteiger partial charge on any atom is 0.313 e. The molecule has 1 heterocycles. The average molecular weight is 207 g/mol. The lowest BCUT2D eigenvalue weighted by atomic mass is 9.92. The monoisotopic (exact) mass is 207 g/mol. The molecule has 80 valence electrons. The minimum absolute atomic E-state index is 0.252. The van der Waals surface area contributed by atoms with Gasteiger partial charge in [0.1, 0.15) is 5.75 Å². The molecular formula is C11H13NO3. The van der Waals surface area contributed by atoms with Crippen molar-refractivity contribution in [2.45, 2.75) is 12.3 Å². The van der Waals surface area contributed by atoms with E-state index in [2.05, 4.69) is 0 Å². The van der Waals surface area contributed by atoms with Crippen LogP contribution in [0.4, 0.5) is 5.69 Å². The van der Waals surface area contributed by atoms with Gasteiger partial charge in [-0.15, -0.1) is 0 Å². The number of nitrogen functional groups attached to an aromatic ring is 1. The van der Waals surface area contributed by atoms with Gasteiger partial charge in [0.2, 0.25) is 0 Å². The van der Waals surface area contributed by atoms with Crippen molar-refractivity contribution in [3.05, 3.63) is 23.8 Å². The number of carbonyl (C=O) groups is 1. The van der Waals surface area contributed by atoms with Gasteiger partial charge in [0.15, 0.2) is 0 Å². The first-order valence-electron chi connectivity index (χ1n) is 4.83. The number of anilines is 1. The van der Waals surface area contributed by atoms with Gasteiger partial charge in [-0.1, -0.05) is 6.07 Å². The summed E-state index contributed by atoms with van der Waals surface area (Å²) in [6.45, 7) is 0.524. The van der Waals surface area contributed by atoms with Gasteiger partial charge in [-0.05, 0) is 18.6 Å². The number of benzene rings is 1. The molecule has 0 aromatic heterocycles. The van der Waals surface area contributed by atoms with E-state index in [0.29, 0.717) is 24.5 Å². The highest BCUT2D eigenvalue weighted by atomic mass is 16.5. The van der Waals surface area contributed by atoms with Crippen LogP contribution >= 0.6 is 0 Å². The van der Waals surface area contributed by atoms with E-state index in [-0.39, 0.29) is 11.9 Å². The second kappa shape index (κ2) is 3.81. The smallest absolute Gasteiger partial charge is 0.313 e. The van der Waals surface area contributed by atoms with Crippen molar-refractivity contribution in [1.82, 2.24) is 0 Å². The van der Waals surface area contributed by atoms with Crippen LogP contribution in [-0.2, 0) is 9.53 Å². The molecule has 0 fully saturated rings. The Kier molecular flexibility index (Phi) is 2.49. The fourth-order valence-electron chi connectivity index (χ4n) is 1.87. The molecule has 0 spiro atoms. The first-order valence-corrected chi connectivity index (χ1v) is 4.83. The topological polar surface area (TPSA) is 61.5 Å². The number of methoxy groups -OCH3 is 1. The summed E-state index contributed by atoms with van der Waals surface area (Å²) in [5.74, 6) is 0.147. The Morgan fingerprint density at radius 1 is 1.60 bits per heavy atom. The molecule has 1 unspecified atom stereocenters. The zero-order chi connectivity index (χ0) is 10.8. The molecule has 4 nitrogen and oxygen atoms in total. The predicted octanol–water partition coefficient (Wildman–Crippen LogP) is 1.31. The average Bonchev–Trinajstić information content (AvgIpc) is 2.28. The van der Waals surface area contributed by atoms with Gasteiger partial charge >= 0.3 is 5.97 Å². The minimum Gasteiger partial charge on any atom is -0.493 e. The maximum atomic E-state index is 11.5. The molecule has 0 saturated carbocycles. The molecule has 15 heavy (non-hydrogen) atoms. The molecular weight excluding hydrogens is 194 g/mol. The van der Waals surface area contributed by atoms with Gasteiger partial charge in [-0.2, -0.15) is 0 Å². The number of esters is 1. The Hall–Kier alpha value is -1.71. The van der Waals surface area contributed by atoms with Crippen LogP contribution < -0.4 is 10.5 Å². The maximum absolute atomic E-state index is 11.5. The first kappa shape index (κ1) is 9.83. The Morgan fingerprint density at radius 3 is 3.13 bits per heavy atom. The minimum atomic E-state index is -0.292. The van der Waals surface area contributed by atoms with Gasteiger partial charge < -0.3 is 15.2 Å². The van der Waals surface area contributed by atoms with E-state index in [0.717, 1.165) is 5.56 Å². The second-order valence-electron chi connectivity index (χ2n) is 3.47. The zero-order valence-corrected chi connectivity index (χ0v) is 8.53. The second-order valence-corrected chi connectivity index (χ2v) is 3.47. The molecule has 4 heteroatoms. The number of hydrogen-bond acceptors (Lipinski definition) is 4. The molecule has 0 amide bonds. The Labute approximate surface area is 88.0 Å².